The predicted molar refractivity (Wildman–Crippen MR) is 77.1 cm³/mol. The molecule has 3 rings (SSSR count). The second-order valence-electron chi connectivity index (χ2n) is 4.06. The molecule has 20 heavy (non-hydrogen) atoms. The van der Waals surface area contributed by atoms with Crippen molar-refractivity contribution in [3.8, 4) is 0 Å². The van der Waals surface area contributed by atoms with Crippen LogP contribution in [-0.2, 0) is 0 Å². The Labute approximate surface area is 118 Å². The van der Waals surface area contributed by atoms with E-state index in [1.54, 1.807) is 23.6 Å². The molecule has 3 aromatic heterocycles. The van der Waals surface area contributed by atoms with Gasteiger partial charge in [-0.1, -0.05) is 6.07 Å². The van der Waals surface area contributed by atoms with Crippen LogP contribution in [0.25, 0.3) is 4.96 Å². The van der Waals surface area contributed by atoms with E-state index in [1.807, 2.05) is 23.7 Å². The number of aryl methyl sites for hydroxylation is 1. The first-order valence-electron chi connectivity index (χ1n) is 5.92. The fourth-order valence-corrected chi connectivity index (χ4v) is 2.59. The molecule has 0 aliphatic heterocycles. The van der Waals surface area contributed by atoms with E-state index in [0.29, 0.717) is 17.1 Å². The van der Waals surface area contributed by atoms with Crippen LogP contribution in [0, 0.1) is 6.92 Å². The minimum Gasteiger partial charge on any atom is -0.286 e. The molecule has 0 bridgehead atoms. The Bertz CT molecular complexity index is 775. The average molecular weight is 285 g/mol. The maximum atomic E-state index is 12.1. The number of pyridine rings is 1. The summed E-state index contributed by atoms with van der Waals surface area (Å²) in [6, 6.07) is 5.47. The fraction of sp³-hybridized carbons (Fsp3) is 0.0769. The highest BCUT2D eigenvalue weighted by molar-refractivity contribution is 7.15. The Hall–Kier alpha value is -2.54. The van der Waals surface area contributed by atoms with Gasteiger partial charge in [0.2, 0.25) is 0 Å². The van der Waals surface area contributed by atoms with Crippen molar-refractivity contribution in [3.05, 3.63) is 53.1 Å². The lowest BCUT2D eigenvalue weighted by atomic mass is 10.3. The van der Waals surface area contributed by atoms with E-state index < -0.39 is 0 Å². The third kappa shape index (κ3) is 2.30. The van der Waals surface area contributed by atoms with Crippen molar-refractivity contribution in [2.24, 2.45) is 5.10 Å². The molecular weight excluding hydrogens is 274 g/mol. The van der Waals surface area contributed by atoms with Gasteiger partial charge in [0, 0.05) is 17.8 Å². The molecule has 3 heterocycles. The van der Waals surface area contributed by atoms with Crippen LogP contribution >= 0.6 is 11.3 Å². The van der Waals surface area contributed by atoms with Gasteiger partial charge in [0.25, 0.3) is 5.91 Å². The lowest BCUT2D eigenvalue weighted by Gasteiger charge is -1.99. The van der Waals surface area contributed by atoms with Gasteiger partial charge in [-0.25, -0.2) is 10.4 Å². The SMILES string of the molecule is Cc1nc2sccn2c1C(=O)N/N=C\c1ccccn1. The van der Waals surface area contributed by atoms with Gasteiger partial charge in [0.1, 0.15) is 5.69 Å². The molecule has 0 unspecified atom stereocenters. The first-order valence-corrected chi connectivity index (χ1v) is 6.80. The quantitative estimate of drug-likeness (QED) is 0.590. The summed E-state index contributed by atoms with van der Waals surface area (Å²) >= 11 is 1.48. The fourth-order valence-electron chi connectivity index (χ4n) is 1.83. The van der Waals surface area contributed by atoms with Gasteiger partial charge in [-0.15, -0.1) is 11.3 Å². The van der Waals surface area contributed by atoms with Crippen molar-refractivity contribution in [1.29, 1.82) is 0 Å². The number of nitrogens with zero attached hydrogens (tertiary/aromatic N) is 4. The molecular formula is C13H11N5OS. The number of amides is 1. The zero-order valence-electron chi connectivity index (χ0n) is 10.6. The first kappa shape index (κ1) is 12.5. The summed E-state index contributed by atoms with van der Waals surface area (Å²) in [5.74, 6) is -0.291. The smallest absolute Gasteiger partial charge is 0.286 e. The van der Waals surface area contributed by atoms with E-state index in [4.69, 9.17) is 0 Å². The lowest BCUT2D eigenvalue weighted by Crippen LogP contribution is -2.20. The van der Waals surface area contributed by atoms with Crippen molar-refractivity contribution in [3.63, 3.8) is 0 Å². The molecule has 0 saturated heterocycles. The summed E-state index contributed by atoms with van der Waals surface area (Å²) < 4.78 is 1.76. The molecule has 0 aliphatic carbocycles. The van der Waals surface area contributed by atoms with Crippen LogP contribution in [0.1, 0.15) is 21.9 Å². The molecule has 3 aromatic rings. The molecule has 0 atom stereocenters. The van der Waals surface area contributed by atoms with Gasteiger partial charge in [0.05, 0.1) is 17.6 Å². The minimum absolute atomic E-state index is 0.291. The number of imidazole rings is 1. The van der Waals surface area contributed by atoms with Crippen molar-refractivity contribution in [2.75, 3.05) is 0 Å². The Balaban J connectivity index is 1.78. The number of carbonyl (C=O) groups is 1. The highest BCUT2D eigenvalue weighted by Gasteiger charge is 2.16. The monoisotopic (exact) mass is 285 g/mol. The van der Waals surface area contributed by atoms with Crippen LogP contribution in [-0.4, -0.2) is 26.5 Å². The summed E-state index contributed by atoms with van der Waals surface area (Å²) in [6.45, 7) is 1.80. The highest BCUT2D eigenvalue weighted by Crippen LogP contribution is 2.16. The van der Waals surface area contributed by atoms with E-state index >= 15 is 0 Å². The second kappa shape index (κ2) is 5.22. The van der Waals surface area contributed by atoms with Gasteiger partial charge in [-0.05, 0) is 19.1 Å². The molecule has 0 saturated carbocycles. The number of thiazole rings is 1. The Morgan fingerprint density at radius 3 is 3.20 bits per heavy atom. The van der Waals surface area contributed by atoms with E-state index in [9.17, 15) is 4.79 Å². The summed E-state index contributed by atoms with van der Waals surface area (Å²) in [7, 11) is 0. The molecule has 0 radical (unpaired) electrons. The number of rotatable bonds is 3. The normalized spacial score (nSPS) is 11.2. The number of carbonyl (C=O) groups excluding carboxylic acids is 1. The van der Waals surface area contributed by atoms with Gasteiger partial charge in [0.15, 0.2) is 4.96 Å². The summed E-state index contributed by atoms with van der Waals surface area (Å²) in [6.07, 6.45) is 4.98. The van der Waals surface area contributed by atoms with Gasteiger partial charge in [-0.2, -0.15) is 5.10 Å². The molecule has 0 aliphatic rings. The molecule has 1 amide bonds. The van der Waals surface area contributed by atoms with Crippen molar-refractivity contribution in [1.82, 2.24) is 19.8 Å². The van der Waals surface area contributed by atoms with Gasteiger partial charge in [-0.3, -0.25) is 14.2 Å². The predicted octanol–water partition coefficient (Wildman–Crippen LogP) is 1.86. The number of aromatic nitrogens is 3. The van der Waals surface area contributed by atoms with E-state index in [1.165, 1.54) is 17.6 Å². The molecule has 6 nitrogen and oxygen atoms in total. The van der Waals surface area contributed by atoms with Crippen LogP contribution in [0.2, 0.25) is 0 Å². The molecule has 1 N–H and O–H groups in total. The number of hydrazone groups is 1. The number of fused-ring (bicyclic) bond motifs is 1. The molecule has 0 fully saturated rings. The number of hydrogen-bond donors (Lipinski definition) is 1. The second-order valence-corrected chi connectivity index (χ2v) is 4.93. The topological polar surface area (TPSA) is 71.7 Å². The zero-order valence-corrected chi connectivity index (χ0v) is 11.5. The van der Waals surface area contributed by atoms with Crippen LogP contribution in [0.15, 0.2) is 41.1 Å². The van der Waals surface area contributed by atoms with E-state index in [2.05, 4.69) is 20.5 Å². The third-order valence-electron chi connectivity index (χ3n) is 2.70. The molecule has 0 spiro atoms. The molecule has 7 heteroatoms. The average Bonchev–Trinajstić information content (AvgIpc) is 2.99. The number of nitrogens with one attached hydrogen (secondary N) is 1. The highest BCUT2D eigenvalue weighted by atomic mass is 32.1. The zero-order chi connectivity index (χ0) is 13.9. The number of hydrogen-bond acceptors (Lipinski definition) is 5. The van der Waals surface area contributed by atoms with Gasteiger partial charge < -0.3 is 0 Å². The summed E-state index contributed by atoms with van der Waals surface area (Å²) in [4.78, 5) is 21.3. The summed E-state index contributed by atoms with van der Waals surface area (Å²) in [5.41, 5.74) is 4.35. The Kier molecular flexibility index (Phi) is 3.26. The summed E-state index contributed by atoms with van der Waals surface area (Å²) in [5, 5.41) is 5.79. The first-order chi connectivity index (χ1) is 9.75. The molecule has 100 valence electrons. The maximum absolute atomic E-state index is 12.1. The van der Waals surface area contributed by atoms with Gasteiger partial charge >= 0.3 is 0 Å². The van der Waals surface area contributed by atoms with Crippen LogP contribution in [0.4, 0.5) is 0 Å². The van der Waals surface area contributed by atoms with Crippen LogP contribution in [0.3, 0.4) is 0 Å². The Morgan fingerprint density at radius 2 is 2.40 bits per heavy atom. The maximum Gasteiger partial charge on any atom is 0.290 e. The van der Waals surface area contributed by atoms with Crippen molar-refractivity contribution in [2.45, 2.75) is 6.92 Å². The van der Waals surface area contributed by atoms with E-state index in [-0.39, 0.29) is 5.91 Å². The third-order valence-corrected chi connectivity index (χ3v) is 3.46. The molecule has 0 aromatic carbocycles. The minimum atomic E-state index is -0.291. The standard InChI is InChI=1S/C13H11N5OS/c1-9-11(18-6-7-20-13(18)16-9)12(19)17-15-8-10-4-2-3-5-14-10/h2-8H,1H3,(H,17,19)/b15-8-. The van der Waals surface area contributed by atoms with Crippen molar-refractivity contribution >= 4 is 28.4 Å². The lowest BCUT2D eigenvalue weighted by molar-refractivity contribution is 0.0948. The van der Waals surface area contributed by atoms with E-state index in [0.717, 1.165) is 4.96 Å². The van der Waals surface area contributed by atoms with Crippen LogP contribution in [0.5, 0.6) is 0 Å². The largest absolute Gasteiger partial charge is 0.290 e. The Morgan fingerprint density at radius 1 is 1.50 bits per heavy atom. The van der Waals surface area contributed by atoms with Crippen LogP contribution < -0.4 is 5.43 Å². The van der Waals surface area contributed by atoms with Crippen molar-refractivity contribution < 1.29 is 4.79 Å².